The van der Waals surface area contributed by atoms with Crippen LogP contribution in [-0.2, 0) is 14.2 Å². The van der Waals surface area contributed by atoms with Crippen molar-refractivity contribution in [3.05, 3.63) is 0 Å². The van der Waals surface area contributed by atoms with Crippen molar-refractivity contribution >= 4 is 0 Å². The van der Waals surface area contributed by atoms with Crippen molar-refractivity contribution in [2.45, 2.75) is 45.4 Å². The average molecular weight is 231 g/mol. The Morgan fingerprint density at radius 3 is 2.62 bits per heavy atom. The maximum absolute atomic E-state index is 5.58. The van der Waals surface area contributed by atoms with Crippen molar-refractivity contribution in [2.24, 2.45) is 0 Å². The predicted molar refractivity (Wildman–Crippen MR) is 63.5 cm³/mol. The van der Waals surface area contributed by atoms with Crippen LogP contribution in [0.2, 0.25) is 0 Å². The van der Waals surface area contributed by atoms with Gasteiger partial charge in [-0.15, -0.1) is 0 Å². The van der Waals surface area contributed by atoms with Crippen LogP contribution >= 0.6 is 0 Å². The summed E-state index contributed by atoms with van der Waals surface area (Å²) in [6, 6.07) is 0.342. The van der Waals surface area contributed by atoms with Crippen LogP contribution in [0, 0.1) is 0 Å². The second-order valence-electron chi connectivity index (χ2n) is 4.13. The predicted octanol–water partition coefficient (Wildman–Crippen LogP) is 1.54. The molecular formula is C12H25NO3. The molecule has 0 aliphatic carbocycles. The van der Waals surface area contributed by atoms with Crippen LogP contribution in [0.4, 0.5) is 0 Å². The number of hydrogen-bond donors (Lipinski definition) is 1. The van der Waals surface area contributed by atoms with E-state index < -0.39 is 0 Å². The first-order valence-corrected chi connectivity index (χ1v) is 6.41. The van der Waals surface area contributed by atoms with Crippen molar-refractivity contribution in [2.75, 3.05) is 33.0 Å². The molecule has 1 unspecified atom stereocenters. The van der Waals surface area contributed by atoms with Crippen LogP contribution in [0.15, 0.2) is 0 Å². The molecule has 96 valence electrons. The lowest BCUT2D eigenvalue weighted by atomic mass is 10.2. The van der Waals surface area contributed by atoms with Crippen molar-refractivity contribution in [3.8, 4) is 0 Å². The molecule has 1 saturated heterocycles. The maximum atomic E-state index is 5.58. The standard InChI is InChI=1S/C12H25NO3/c1-3-5-13-11(10-14-6-4-2)9-12-15-7-8-16-12/h11-13H,3-10H2,1-2H3. The third-order valence-corrected chi connectivity index (χ3v) is 2.52. The third-order valence-electron chi connectivity index (χ3n) is 2.52. The zero-order valence-electron chi connectivity index (χ0n) is 10.5. The summed E-state index contributed by atoms with van der Waals surface area (Å²) in [4.78, 5) is 0. The summed E-state index contributed by atoms with van der Waals surface area (Å²) >= 11 is 0. The summed E-state index contributed by atoms with van der Waals surface area (Å²) < 4.78 is 16.5. The van der Waals surface area contributed by atoms with Gasteiger partial charge in [0.25, 0.3) is 0 Å². The molecule has 1 aliphatic heterocycles. The monoisotopic (exact) mass is 231 g/mol. The Hall–Kier alpha value is -0.160. The highest BCUT2D eigenvalue weighted by molar-refractivity contribution is 4.69. The van der Waals surface area contributed by atoms with Gasteiger partial charge in [0, 0.05) is 19.1 Å². The molecule has 0 bridgehead atoms. The Morgan fingerprint density at radius 2 is 2.00 bits per heavy atom. The molecule has 0 saturated carbocycles. The van der Waals surface area contributed by atoms with Crippen LogP contribution in [0.25, 0.3) is 0 Å². The van der Waals surface area contributed by atoms with E-state index in [2.05, 4.69) is 19.2 Å². The van der Waals surface area contributed by atoms with E-state index in [4.69, 9.17) is 14.2 Å². The lowest BCUT2D eigenvalue weighted by Gasteiger charge is -2.21. The molecule has 16 heavy (non-hydrogen) atoms. The molecule has 4 nitrogen and oxygen atoms in total. The van der Waals surface area contributed by atoms with Crippen LogP contribution in [0.1, 0.15) is 33.1 Å². The topological polar surface area (TPSA) is 39.7 Å². The molecule has 4 heteroatoms. The maximum Gasteiger partial charge on any atom is 0.159 e. The minimum absolute atomic E-state index is 0.0421. The van der Waals surface area contributed by atoms with Gasteiger partial charge in [-0.1, -0.05) is 13.8 Å². The molecule has 0 aromatic carbocycles. The molecule has 0 aromatic heterocycles. The Balaban J connectivity index is 2.18. The molecule has 1 N–H and O–H groups in total. The highest BCUT2D eigenvalue weighted by atomic mass is 16.7. The summed E-state index contributed by atoms with van der Waals surface area (Å²) in [5.41, 5.74) is 0. The molecule has 1 aliphatic rings. The van der Waals surface area contributed by atoms with E-state index in [1.165, 1.54) is 0 Å². The highest BCUT2D eigenvalue weighted by Gasteiger charge is 2.21. The fourth-order valence-corrected chi connectivity index (χ4v) is 1.70. The first-order chi connectivity index (χ1) is 7.86. The van der Waals surface area contributed by atoms with Crippen LogP contribution in [0.3, 0.4) is 0 Å². The molecule has 0 spiro atoms. The van der Waals surface area contributed by atoms with E-state index in [-0.39, 0.29) is 6.29 Å². The second kappa shape index (κ2) is 8.93. The summed E-state index contributed by atoms with van der Waals surface area (Å²) in [5, 5.41) is 3.47. The van der Waals surface area contributed by atoms with E-state index in [0.29, 0.717) is 6.04 Å². The Bertz CT molecular complexity index is 160. The van der Waals surface area contributed by atoms with Crippen LogP contribution in [0.5, 0.6) is 0 Å². The number of rotatable bonds is 9. The van der Waals surface area contributed by atoms with Gasteiger partial charge < -0.3 is 19.5 Å². The van der Waals surface area contributed by atoms with Gasteiger partial charge in [-0.05, 0) is 19.4 Å². The van der Waals surface area contributed by atoms with Crippen molar-refractivity contribution in [3.63, 3.8) is 0 Å². The van der Waals surface area contributed by atoms with Crippen molar-refractivity contribution in [1.82, 2.24) is 5.32 Å². The summed E-state index contributed by atoms with van der Waals surface area (Å²) in [6.07, 6.45) is 3.04. The molecule has 1 heterocycles. The first-order valence-electron chi connectivity index (χ1n) is 6.41. The minimum atomic E-state index is -0.0421. The molecule has 0 aromatic rings. The SMILES string of the molecule is CCCNC(COCCC)CC1OCCO1. The fraction of sp³-hybridized carbons (Fsp3) is 1.00. The van der Waals surface area contributed by atoms with E-state index in [1.807, 2.05) is 0 Å². The zero-order valence-corrected chi connectivity index (χ0v) is 10.5. The van der Waals surface area contributed by atoms with Gasteiger partial charge in [0.05, 0.1) is 19.8 Å². The van der Waals surface area contributed by atoms with Crippen LogP contribution < -0.4 is 5.32 Å². The average Bonchev–Trinajstić information content (AvgIpc) is 2.78. The molecule has 1 fully saturated rings. The summed E-state index contributed by atoms with van der Waals surface area (Å²) in [7, 11) is 0. The minimum Gasteiger partial charge on any atom is -0.380 e. The van der Waals surface area contributed by atoms with Crippen molar-refractivity contribution in [1.29, 1.82) is 0 Å². The quantitative estimate of drug-likeness (QED) is 0.611. The molecule has 1 atom stereocenters. The van der Waals surface area contributed by atoms with Gasteiger partial charge in [-0.2, -0.15) is 0 Å². The van der Waals surface area contributed by atoms with E-state index in [9.17, 15) is 0 Å². The van der Waals surface area contributed by atoms with Gasteiger partial charge in [0.15, 0.2) is 6.29 Å². The largest absolute Gasteiger partial charge is 0.380 e. The van der Waals surface area contributed by atoms with Gasteiger partial charge in [0.1, 0.15) is 0 Å². The first kappa shape index (κ1) is 13.9. The van der Waals surface area contributed by atoms with E-state index in [1.54, 1.807) is 0 Å². The Kier molecular flexibility index (Phi) is 7.76. The second-order valence-corrected chi connectivity index (χ2v) is 4.13. The van der Waals surface area contributed by atoms with Gasteiger partial charge in [-0.25, -0.2) is 0 Å². The molecule has 1 rings (SSSR count). The van der Waals surface area contributed by atoms with Gasteiger partial charge in [0.2, 0.25) is 0 Å². The highest BCUT2D eigenvalue weighted by Crippen LogP contribution is 2.11. The zero-order chi connectivity index (χ0) is 11.6. The molecule has 0 radical (unpaired) electrons. The lowest BCUT2D eigenvalue weighted by Crippen LogP contribution is -2.37. The molecular weight excluding hydrogens is 206 g/mol. The lowest BCUT2D eigenvalue weighted by molar-refractivity contribution is -0.0585. The summed E-state index contributed by atoms with van der Waals surface area (Å²) in [6.45, 7) is 8.33. The number of nitrogens with one attached hydrogen (secondary N) is 1. The smallest absolute Gasteiger partial charge is 0.159 e. The number of hydrogen-bond acceptors (Lipinski definition) is 4. The molecule has 0 amide bonds. The normalized spacial score (nSPS) is 19.1. The Labute approximate surface area is 98.6 Å². The van der Waals surface area contributed by atoms with E-state index in [0.717, 1.165) is 52.2 Å². The third kappa shape index (κ3) is 5.80. The van der Waals surface area contributed by atoms with Crippen LogP contribution in [-0.4, -0.2) is 45.3 Å². The summed E-state index contributed by atoms with van der Waals surface area (Å²) in [5.74, 6) is 0. The number of ether oxygens (including phenoxy) is 3. The van der Waals surface area contributed by atoms with Gasteiger partial charge in [-0.3, -0.25) is 0 Å². The Morgan fingerprint density at radius 1 is 1.25 bits per heavy atom. The van der Waals surface area contributed by atoms with Gasteiger partial charge >= 0.3 is 0 Å². The fourth-order valence-electron chi connectivity index (χ4n) is 1.70. The van der Waals surface area contributed by atoms with E-state index >= 15 is 0 Å². The van der Waals surface area contributed by atoms with Crippen molar-refractivity contribution < 1.29 is 14.2 Å².